The van der Waals surface area contributed by atoms with Crippen LogP contribution in [0.25, 0.3) is 0 Å². The second kappa shape index (κ2) is 9.17. The van der Waals surface area contributed by atoms with Crippen molar-refractivity contribution in [1.29, 1.82) is 0 Å². The van der Waals surface area contributed by atoms with E-state index in [0.29, 0.717) is 38.4 Å². The monoisotopic (exact) mass is 364 g/mol. The van der Waals surface area contributed by atoms with Gasteiger partial charge in [-0.25, -0.2) is 9.78 Å². The molecule has 142 valence electrons. The van der Waals surface area contributed by atoms with Crippen LogP contribution in [0.15, 0.2) is 18.3 Å². The van der Waals surface area contributed by atoms with Crippen LogP contribution in [0.4, 0.5) is 0 Å². The fourth-order valence-electron chi connectivity index (χ4n) is 2.75. The van der Waals surface area contributed by atoms with Crippen LogP contribution in [0.2, 0.25) is 0 Å². The fourth-order valence-corrected chi connectivity index (χ4v) is 2.75. The average molecular weight is 364 g/mol. The summed E-state index contributed by atoms with van der Waals surface area (Å²) in [6, 6.07) is 3.07. The van der Waals surface area contributed by atoms with Crippen molar-refractivity contribution in [2.45, 2.75) is 32.8 Å². The smallest absolute Gasteiger partial charge is 0.340 e. The summed E-state index contributed by atoms with van der Waals surface area (Å²) in [5.74, 6) is -0.909. The van der Waals surface area contributed by atoms with Crippen LogP contribution in [-0.4, -0.2) is 60.6 Å². The SMILES string of the molecule is CCOC(=O)C1CCN(C(=O)C(C)OC(=O)c2ccc(OC)nc2)CC1. The molecule has 1 aromatic heterocycles. The van der Waals surface area contributed by atoms with E-state index < -0.39 is 12.1 Å². The van der Waals surface area contributed by atoms with Crippen LogP contribution in [0.3, 0.4) is 0 Å². The molecule has 0 saturated carbocycles. The van der Waals surface area contributed by atoms with E-state index in [1.807, 2.05) is 0 Å². The van der Waals surface area contributed by atoms with Crippen LogP contribution in [0, 0.1) is 5.92 Å². The molecule has 0 aliphatic carbocycles. The van der Waals surface area contributed by atoms with E-state index in [2.05, 4.69) is 4.98 Å². The van der Waals surface area contributed by atoms with Gasteiger partial charge in [-0.05, 0) is 32.8 Å². The fraction of sp³-hybridized carbons (Fsp3) is 0.556. The van der Waals surface area contributed by atoms with Crippen LogP contribution in [-0.2, 0) is 19.1 Å². The first-order valence-corrected chi connectivity index (χ1v) is 8.62. The Morgan fingerprint density at radius 2 is 1.96 bits per heavy atom. The molecule has 1 unspecified atom stereocenters. The molecule has 26 heavy (non-hydrogen) atoms. The predicted octanol–water partition coefficient (Wildman–Crippen LogP) is 1.44. The third-order valence-corrected chi connectivity index (χ3v) is 4.24. The van der Waals surface area contributed by atoms with Crippen molar-refractivity contribution in [3.8, 4) is 5.88 Å². The molecule has 8 heteroatoms. The maximum Gasteiger partial charge on any atom is 0.340 e. The van der Waals surface area contributed by atoms with Gasteiger partial charge in [0.1, 0.15) is 0 Å². The van der Waals surface area contributed by atoms with Gasteiger partial charge in [-0.2, -0.15) is 0 Å². The van der Waals surface area contributed by atoms with Crippen molar-refractivity contribution in [3.63, 3.8) is 0 Å². The number of esters is 2. The Labute approximate surface area is 152 Å². The molecular weight excluding hydrogens is 340 g/mol. The maximum atomic E-state index is 12.5. The van der Waals surface area contributed by atoms with Gasteiger partial charge in [-0.15, -0.1) is 0 Å². The third-order valence-electron chi connectivity index (χ3n) is 4.24. The lowest BCUT2D eigenvalue weighted by Gasteiger charge is -2.32. The molecule has 2 rings (SSSR count). The second-order valence-electron chi connectivity index (χ2n) is 5.99. The van der Waals surface area contributed by atoms with Gasteiger partial charge >= 0.3 is 11.9 Å². The first-order chi connectivity index (χ1) is 12.5. The first-order valence-electron chi connectivity index (χ1n) is 8.62. The first kappa shape index (κ1) is 19.7. The average Bonchev–Trinajstić information content (AvgIpc) is 2.67. The number of hydrogen-bond acceptors (Lipinski definition) is 7. The highest BCUT2D eigenvalue weighted by molar-refractivity contribution is 5.92. The normalized spacial score (nSPS) is 15.9. The summed E-state index contributed by atoms with van der Waals surface area (Å²) >= 11 is 0. The second-order valence-corrected chi connectivity index (χ2v) is 5.99. The van der Waals surface area contributed by atoms with Gasteiger partial charge in [-0.3, -0.25) is 9.59 Å². The summed E-state index contributed by atoms with van der Waals surface area (Å²) in [4.78, 5) is 41.9. The highest BCUT2D eigenvalue weighted by Gasteiger charge is 2.31. The molecule has 2 heterocycles. The number of nitrogens with zero attached hydrogens (tertiary/aromatic N) is 2. The molecule has 0 spiro atoms. The van der Waals surface area contributed by atoms with Gasteiger partial charge < -0.3 is 19.1 Å². The van der Waals surface area contributed by atoms with Crippen molar-refractivity contribution in [1.82, 2.24) is 9.88 Å². The lowest BCUT2D eigenvalue weighted by molar-refractivity contribution is -0.152. The van der Waals surface area contributed by atoms with E-state index >= 15 is 0 Å². The lowest BCUT2D eigenvalue weighted by atomic mass is 9.97. The summed E-state index contributed by atoms with van der Waals surface area (Å²) < 4.78 is 15.2. The van der Waals surface area contributed by atoms with Gasteiger partial charge in [0.15, 0.2) is 6.10 Å². The minimum Gasteiger partial charge on any atom is -0.481 e. The molecule has 1 aromatic rings. The summed E-state index contributed by atoms with van der Waals surface area (Å²) in [7, 11) is 1.48. The molecule has 1 aliphatic rings. The Balaban J connectivity index is 1.85. The van der Waals surface area contributed by atoms with Gasteiger partial charge in [-0.1, -0.05) is 0 Å². The van der Waals surface area contributed by atoms with E-state index in [1.165, 1.54) is 26.3 Å². The molecule has 1 amide bonds. The lowest BCUT2D eigenvalue weighted by Crippen LogP contribution is -2.45. The maximum absolute atomic E-state index is 12.5. The van der Waals surface area contributed by atoms with Crippen molar-refractivity contribution in [2.75, 3.05) is 26.8 Å². The number of amides is 1. The topological polar surface area (TPSA) is 95.0 Å². The van der Waals surface area contributed by atoms with Crippen LogP contribution in [0.5, 0.6) is 5.88 Å². The number of carbonyl (C=O) groups excluding carboxylic acids is 3. The highest BCUT2D eigenvalue weighted by atomic mass is 16.5. The molecule has 1 saturated heterocycles. The summed E-state index contributed by atoms with van der Waals surface area (Å²) in [6.07, 6.45) is 1.52. The van der Waals surface area contributed by atoms with E-state index in [1.54, 1.807) is 17.9 Å². The van der Waals surface area contributed by atoms with Gasteiger partial charge in [0.05, 0.1) is 25.2 Å². The molecular formula is C18H24N2O6. The van der Waals surface area contributed by atoms with Crippen molar-refractivity contribution in [3.05, 3.63) is 23.9 Å². The number of ether oxygens (including phenoxy) is 3. The summed E-state index contributed by atoms with van der Waals surface area (Å²) in [5.41, 5.74) is 0.242. The van der Waals surface area contributed by atoms with E-state index in [0.717, 1.165) is 0 Å². The van der Waals surface area contributed by atoms with Gasteiger partial charge in [0.2, 0.25) is 5.88 Å². The minimum atomic E-state index is -0.913. The molecule has 1 aliphatic heterocycles. The molecule has 1 atom stereocenters. The highest BCUT2D eigenvalue weighted by Crippen LogP contribution is 2.20. The zero-order valence-corrected chi connectivity index (χ0v) is 15.3. The number of piperidine rings is 1. The van der Waals surface area contributed by atoms with E-state index in [9.17, 15) is 14.4 Å². The van der Waals surface area contributed by atoms with Crippen molar-refractivity contribution in [2.24, 2.45) is 5.92 Å². The van der Waals surface area contributed by atoms with Crippen LogP contribution >= 0.6 is 0 Å². The van der Waals surface area contributed by atoms with E-state index in [4.69, 9.17) is 14.2 Å². The quantitative estimate of drug-likeness (QED) is 0.705. The number of pyridine rings is 1. The standard InChI is InChI=1S/C18H24N2O6/c1-4-25-17(22)13-7-9-20(10-8-13)16(21)12(2)26-18(23)14-5-6-15(24-3)19-11-14/h5-6,11-13H,4,7-10H2,1-3H3. The van der Waals surface area contributed by atoms with Crippen LogP contribution in [0.1, 0.15) is 37.0 Å². The zero-order valence-electron chi connectivity index (χ0n) is 15.3. The Hall–Kier alpha value is -2.64. The number of hydrogen-bond donors (Lipinski definition) is 0. The molecule has 8 nitrogen and oxygen atoms in total. The molecule has 1 fully saturated rings. The third kappa shape index (κ3) is 4.93. The molecule has 0 bridgehead atoms. The zero-order chi connectivity index (χ0) is 19.1. The van der Waals surface area contributed by atoms with Crippen molar-refractivity contribution >= 4 is 17.8 Å². The number of aromatic nitrogens is 1. The van der Waals surface area contributed by atoms with E-state index in [-0.39, 0.29) is 23.4 Å². The number of rotatable bonds is 6. The van der Waals surface area contributed by atoms with Crippen LogP contribution < -0.4 is 4.74 Å². The van der Waals surface area contributed by atoms with Crippen molar-refractivity contribution < 1.29 is 28.6 Å². The molecule has 0 N–H and O–H groups in total. The van der Waals surface area contributed by atoms with Gasteiger partial charge in [0.25, 0.3) is 5.91 Å². The summed E-state index contributed by atoms with van der Waals surface area (Å²) in [5, 5.41) is 0. The Morgan fingerprint density at radius 1 is 1.27 bits per heavy atom. The Kier molecular flexibility index (Phi) is 6.94. The molecule has 0 aromatic carbocycles. The largest absolute Gasteiger partial charge is 0.481 e. The predicted molar refractivity (Wildman–Crippen MR) is 91.6 cm³/mol. The minimum absolute atomic E-state index is 0.178. The number of carbonyl (C=O) groups is 3. The number of methoxy groups -OCH3 is 1. The Bertz CT molecular complexity index is 638. The molecule has 0 radical (unpaired) electrons. The summed E-state index contributed by atoms with van der Waals surface area (Å²) in [6.45, 7) is 4.54. The van der Waals surface area contributed by atoms with Gasteiger partial charge in [0, 0.05) is 25.4 Å². The Morgan fingerprint density at radius 3 is 2.50 bits per heavy atom. The number of likely N-dealkylation sites (tertiary alicyclic amines) is 1.